The number of aryl methyl sites for hydroxylation is 1. The summed E-state index contributed by atoms with van der Waals surface area (Å²) < 4.78 is 10.4. The van der Waals surface area contributed by atoms with Crippen LogP contribution in [0.1, 0.15) is 5.76 Å². The largest absolute Gasteiger partial charge is 0.446 e. The predicted octanol–water partition coefficient (Wildman–Crippen LogP) is 0.515. The lowest BCUT2D eigenvalue weighted by atomic mass is 10.2. The molecule has 1 atom stereocenters. The summed E-state index contributed by atoms with van der Waals surface area (Å²) in [5.41, 5.74) is 0. The molecule has 0 aliphatic carbocycles. The van der Waals surface area contributed by atoms with Crippen molar-refractivity contribution in [3.8, 4) is 0 Å². The standard InChI is InChI=1S/C10H14N2O3/c1-7-2-3-9(15-7)12-10(13)8-6-14-5-4-11-8/h2-3,8,11H,4-6H2,1H3,(H,12,13). The molecule has 1 aromatic rings. The van der Waals surface area contributed by atoms with Gasteiger partial charge in [0.1, 0.15) is 11.8 Å². The lowest BCUT2D eigenvalue weighted by Crippen LogP contribution is -2.48. The third-order valence-corrected chi connectivity index (χ3v) is 2.22. The van der Waals surface area contributed by atoms with Gasteiger partial charge >= 0.3 is 0 Å². The first-order valence-electron chi connectivity index (χ1n) is 4.94. The molecule has 2 heterocycles. The van der Waals surface area contributed by atoms with Crippen molar-refractivity contribution in [2.24, 2.45) is 0 Å². The Morgan fingerprint density at radius 1 is 1.60 bits per heavy atom. The Morgan fingerprint density at radius 2 is 2.47 bits per heavy atom. The number of ether oxygens (including phenoxy) is 1. The van der Waals surface area contributed by atoms with Crippen molar-refractivity contribution in [1.29, 1.82) is 0 Å². The highest BCUT2D eigenvalue weighted by atomic mass is 16.5. The van der Waals surface area contributed by atoms with E-state index in [0.717, 1.165) is 5.76 Å². The number of nitrogens with one attached hydrogen (secondary N) is 2. The molecule has 1 aromatic heterocycles. The molecule has 0 spiro atoms. The quantitative estimate of drug-likeness (QED) is 0.746. The smallest absolute Gasteiger partial charge is 0.246 e. The molecule has 5 nitrogen and oxygen atoms in total. The molecule has 1 aliphatic heterocycles. The minimum absolute atomic E-state index is 0.121. The van der Waals surface area contributed by atoms with Crippen LogP contribution in [0, 0.1) is 6.92 Å². The van der Waals surface area contributed by atoms with Crippen LogP contribution in [0.4, 0.5) is 5.88 Å². The lowest BCUT2D eigenvalue weighted by Gasteiger charge is -2.22. The fraction of sp³-hybridized carbons (Fsp3) is 0.500. The molecule has 5 heteroatoms. The summed E-state index contributed by atoms with van der Waals surface area (Å²) in [6.07, 6.45) is 0. The lowest BCUT2D eigenvalue weighted by molar-refractivity contribution is -0.120. The number of hydrogen-bond donors (Lipinski definition) is 2. The van der Waals surface area contributed by atoms with Gasteiger partial charge in [0, 0.05) is 12.6 Å². The molecular formula is C10H14N2O3. The van der Waals surface area contributed by atoms with E-state index in [1.54, 1.807) is 12.1 Å². The van der Waals surface area contributed by atoms with Crippen molar-refractivity contribution in [3.63, 3.8) is 0 Å². The monoisotopic (exact) mass is 210 g/mol. The Balaban J connectivity index is 1.91. The molecule has 0 aromatic carbocycles. The summed E-state index contributed by atoms with van der Waals surface area (Å²) in [6, 6.07) is 3.25. The molecule has 0 radical (unpaired) electrons. The Morgan fingerprint density at radius 3 is 3.07 bits per heavy atom. The maximum Gasteiger partial charge on any atom is 0.246 e. The molecular weight excluding hydrogens is 196 g/mol. The van der Waals surface area contributed by atoms with Gasteiger partial charge in [-0.3, -0.25) is 10.1 Å². The number of carbonyl (C=O) groups excluding carboxylic acids is 1. The van der Waals surface area contributed by atoms with Crippen molar-refractivity contribution in [3.05, 3.63) is 17.9 Å². The Kier molecular flexibility index (Phi) is 3.03. The highest BCUT2D eigenvalue weighted by Crippen LogP contribution is 2.12. The zero-order chi connectivity index (χ0) is 10.7. The first-order chi connectivity index (χ1) is 7.25. The van der Waals surface area contributed by atoms with Gasteiger partial charge in [-0.15, -0.1) is 0 Å². The van der Waals surface area contributed by atoms with Crippen molar-refractivity contribution >= 4 is 11.8 Å². The summed E-state index contributed by atoms with van der Waals surface area (Å²) in [5.74, 6) is 1.13. The second-order valence-electron chi connectivity index (χ2n) is 3.48. The number of amides is 1. The highest BCUT2D eigenvalue weighted by molar-refractivity contribution is 5.93. The van der Waals surface area contributed by atoms with Gasteiger partial charge in [-0.05, 0) is 13.0 Å². The van der Waals surface area contributed by atoms with Crippen molar-refractivity contribution in [2.45, 2.75) is 13.0 Å². The van der Waals surface area contributed by atoms with E-state index in [2.05, 4.69) is 10.6 Å². The van der Waals surface area contributed by atoms with Gasteiger partial charge in [0.15, 0.2) is 5.88 Å². The van der Waals surface area contributed by atoms with Crippen LogP contribution >= 0.6 is 0 Å². The summed E-state index contributed by atoms with van der Waals surface area (Å²) in [6.45, 7) is 3.60. The molecule has 1 fully saturated rings. The van der Waals surface area contributed by atoms with Crippen LogP contribution in [0.2, 0.25) is 0 Å². The summed E-state index contributed by atoms with van der Waals surface area (Å²) in [4.78, 5) is 11.7. The molecule has 15 heavy (non-hydrogen) atoms. The maximum atomic E-state index is 11.7. The van der Waals surface area contributed by atoms with Gasteiger partial charge in [0.25, 0.3) is 0 Å². The number of hydrogen-bond acceptors (Lipinski definition) is 4. The molecule has 0 saturated carbocycles. The third-order valence-electron chi connectivity index (χ3n) is 2.22. The zero-order valence-corrected chi connectivity index (χ0v) is 8.58. The van der Waals surface area contributed by atoms with Crippen LogP contribution in [0.15, 0.2) is 16.5 Å². The molecule has 1 saturated heterocycles. The highest BCUT2D eigenvalue weighted by Gasteiger charge is 2.21. The second kappa shape index (κ2) is 4.46. The first-order valence-corrected chi connectivity index (χ1v) is 4.94. The average Bonchev–Trinajstić information content (AvgIpc) is 2.65. The molecule has 2 N–H and O–H groups in total. The Hall–Kier alpha value is -1.33. The van der Waals surface area contributed by atoms with Crippen LogP contribution in [-0.2, 0) is 9.53 Å². The SMILES string of the molecule is Cc1ccc(NC(=O)C2COCCN2)o1. The van der Waals surface area contributed by atoms with Crippen LogP contribution in [0.5, 0.6) is 0 Å². The molecule has 2 rings (SSSR count). The van der Waals surface area contributed by atoms with Gasteiger partial charge in [0.05, 0.1) is 13.2 Å². The minimum atomic E-state index is -0.288. The van der Waals surface area contributed by atoms with E-state index >= 15 is 0 Å². The zero-order valence-electron chi connectivity index (χ0n) is 8.58. The van der Waals surface area contributed by atoms with Crippen molar-refractivity contribution < 1.29 is 13.9 Å². The molecule has 1 aliphatic rings. The van der Waals surface area contributed by atoms with Gasteiger partial charge < -0.3 is 14.5 Å². The third kappa shape index (κ3) is 2.57. The molecule has 1 amide bonds. The van der Waals surface area contributed by atoms with E-state index in [1.165, 1.54) is 0 Å². The number of morpholine rings is 1. The maximum absolute atomic E-state index is 11.7. The van der Waals surface area contributed by atoms with Gasteiger partial charge in [-0.25, -0.2) is 0 Å². The second-order valence-corrected chi connectivity index (χ2v) is 3.48. The van der Waals surface area contributed by atoms with Crippen LogP contribution < -0.4 is 10.6 Å². The Labute approximate surface area is 87.8 Å². The van der Waals surface area contributed by atoms with Crippen LogP contribution in [0.3, 0.4) is 0 Å². The topological polar surface area (TPSA) is 63.5 Å². The van der Waals surface area contributed by atoms with Gasteiger partial charge in [0.2, 0.25) is 5.91 Å². The normalized spacial score (nSPS) is 21.3. The molecule has 1 unspecified atom stereocenters. The first kappa shape index (κ1) is 10.2. The van der Waals surface area contributed by atoms with E-state index in [-0.39, 0.29) is 11.9 Å². The molecule has 82 valence electrons. The van der Waals surface area contributed by atoms with Gasteiger partial charge in [-0.1, -0.05) is 0 Å². The van der Waals surface area contributed by atoms with E-state index in [9.17, 15) is 4.79 Å². The number of carbonyl (C=O) groups is 1. The summed E-state index contributed by atoms with van der Waals surface area (Å²) >= 11 is 0. The number of furan rings is 1. The van der Waals surface area contributed by atoms with Crippen molar-refractivity contribution in [2.75, 3.05) is 25.1 Å². The van der Waals surface area contributed by atoms with E-state index in [4.69, 9.17) is 9.15 Å². The summed E-state index contributed by atoms with van der Waals surface area (Å²) in [5, 5.41) is 5.75. The number of anilines is 1. The van der Waals surface area contributed by atoms with Crippen LogP contribution in [-0.4, -0.2) is 31.7 Å². The fourth-order valence-corrected chi connectivity index (χ4v) is 1.44. The number of rotatable bonds is 2. The van der Waals surface area contributed by atoms with E-state index in [0.29, 0.717) is 25.6 Å². The summed E-state index contributed by atoms with van der Waals surface area (Å²) in [7, 11) is 0. The minimum Gasteiger partial charge on any atom is -0.446 e. The Bertz CT molecular complexity index is 342. The van der Waals surface area contributed by atoms with Crippen molar-refractivity contribution in [1.82, 2.24) is 5.32 Å². The fourth-order valence-electron chi connectivity index (χ4n) is 1.44. The predicted molar refractivity (Wildman–Crippen MR) is 54.7 cm³/mol. The molecule has 0 bridgehead atoms. The van der Waals surface area contributed by atoms with E-state index in [1.807, 2.05) is 6.92 Å². The average molecular weight is 210 g/mol. The van der Waals surface area contributed by atoms with E-state index < -0.39 is 0 Å². The van der Waals surface area contributed by atoms with Crippen LogP contribution in [0.25, 0.3) is 0 Å². The van der Waals surface area contributed by atoms with Gasteiger partial charge in [-0.2, -0.15) is 0 Å².